The Hall–Kier alpha value is -2.63. The lowest BCUT2D eigenvalue weighted by Crippen LogP contribution is -2.44. The Morgan fingerprint density at radius 1 is 1.12 bits per heavy atom. The normalized spacial score (nSPS) is 17.9. The van der Waals surface area contributed by atoms with E-state index in [1.807, 2.05) is 17.0 Å². The number of aromatic nitrogens is 1. The minimum absolute atomic E-state index is 0.00177. The molecule has 2 fully saturated rings. The first-order chi connectivity index (χ1) is 12.7. The molecule has 1 aliphatic heterocycles. The van der Waals surface area contributed by atoms with Gasteiger partial charge in [-0.2, -0.15) is 0 Å². The highest BCUT2D eigenvalue weighted by Crippen LogP contribution is 2.32. The van der Waals surface area contributed by atoms with Crippen LogP contribution in [0.2, 0.25) is 0 Å². The van der Waals surface area contributed by atoms with E-state index < -0.39 is 0 Å². The van der Waals surface area contributed by atoms with Crippen molar-refractivity contribution in [1.82, 2.24) is 14.8 Å². The Labute approximate surface area is 152 Å². The second-order valence-electron chi connectivity index (χ2n) is 7.10. The van der Waals surface area contributed by atoms with E-state index in [4.69, 9.17) is 4.42 Å². The quantitative estimate of drug-likeness (QED) is 0.829. The SMILES string of the molecule is O=C(c1ccco1)N1CCC(C(=O)N(Cc2ccncc2)C2CC2)CC1. The largest absolute Gasteiger partial charge is 0.459 e. The first-order valence-corrected chi connectivity index (χ1v) is 9.24. The van der Waals surface area contributed by atoms with Gasteiger partial charge >= 0.3 is 0 Å². The predicted molar refractivity (Wildman–Crippen MR) is 95.1 cm³/mol. The summed E-state index contributed by atoms with van der Waals surface area (Å²) in [6, 6.07) is 7.71. The maximum atomic E-state index is 13.1. The average molecular weight is 353 g/mol. The van der Waals surface area contributed by atoms with Gasteiger partial charge < -0.3 is 14.2 Å². The van der Waals surface area contributed by atoms with E-state index >= 15 is 0 Å². The third-order valence-electron chi connectivity index (χ3n) is 5.24. The van der Waals surface area contributed by atoms with Crippen molar-refractivity contribution in [2.75, 3.05) is 13.1 Å². The molecule has 0 spiro atoms. The van der Waals surface area contributed by atoms with E-state index in [0.29, 0.717) is 44.3 Å². The summed E-state index contributed by atoms with van der Waals surface area (Å²) in [6.07, 6.45) is 8.65. The van der Waals surface area contributed by atoms with Crippen LogP contribution in [0.4, 0.5) is 0 Å². The zero-order valence-corrected chi connectivity index (χ0v) is 14.7. The van der Waals surface area contributed by atoms with Crippen LogP contribution < -0.4 is 0 Å². The smallest absolute Gasteiger partial charge is 0.289 e. The molecule has 1 saturated heterocycles. The molecule has 6 nitrogen and oxygen atoms in total. The molecule has 4 rings (SSSR count). The lowest BCUT2D eigenvalue weighted by atomic mass is 9.94. The zero-order chi connectivity index (χ0) is 17.9. The predicted octanol–water partition coefficient (Wildman–Crippen LogP) is 2.72. The third-order valence-corrected chi connectivity index (χ3v) is 5.24. The van der Waals surface area contributed by atoms with Gasteiger partial charge in [0.25, 0.3) is 5.91 Å². The van der Waals surface area contributed by atoms with Crippen LogP contribution in [-0.2, 0) is 11.3 Å². The van der Waals surface area contributed by atoms with Crippen LogP contribution in [0.15, 0.2) is 47.3 Å². The lowest BCUT2D eigenvalue weighted by Gasteiger charge is -2.34. The highest BCUT2D eigenvalue weighted by molar-refractivity contribution is 5.91. The number of carbonyl (C=O) groups is 2. The zero-order valence-electron chi connectivity index (χ0n) is 14.7. The molecule has 2 aliphatic rings. The van der Waals surface area contributed by atoms with E-state index in [2.05, 4.69) is 4.98 Å². The molecule has 0 atom stereocenters. The molecule has 0 radical (unpaired) electrons. The molecule has 0 N–H and O–H groups in total. The first kappa shape index (κ1) is 16.8. The average Bonchev–Trinajstić information content (AvgIpc) is 3.39. The second kappa shape index (κ2) is 7.32. The van der Waals surface area contributed by atoms with E-state index in [1.54, 1.807) is 29.4 Å². The van der Waals surface area contributed by atoms with E-state index in [9.17, 15) is 9.59 Å². The summed E-state index contributed by atoms with van der Waals surface area (Å²) in [5, 5.41) is 0. The van der Waals surface area contributed by atoms with Crippen molar-refractivity contribution in [3.8, 4) is 0 Å². The molecule has 2 aromatic heterocycles. The number of likely N-dealkylation sites (tertiary alicyclic amines) is 1. The van der Waals surface area contributed by atoms with Gasteiger partial charge in [-0.25, -0.2) is 0 Å². The fraction of sp³-hybridized carbons (Fsp3) is 0.450. The number of furan rings is 1. The van der Waals surface area contributed by atoms with Gasteiger partial charge in [0.1, 0.15) is 0 Å². The van der Waals surface area contributed by atoms with Gasteiger partial charge in [-0.15, -0.1) is 0 Å². The molecular formula is C20H23N3O3. The number of carbonyl (C=O) groups excluding carboxylic acids is 2. The molecule has 1 saturated carbocycles. The van der Waals surface area contributed by atoms with Crippen molar-refractivity contribution in [2.45, 2.75) is 38.3 Å². The van der Waals surface area contributed by atoms with E-state index in [-0.39, 0.29) is 17.7 Å². The van der Waals surface area contributed by atoms with Crippen LogP contribution in [0, 0.1) is 5.92 Å². The van der Waals surface area contributed by atoms with Gasteiger partial charge in [-0.3, -0.25) is 14.6 Å². The highest BCUT2D eigenvalue weighted by atomic mass is 16.3. The fourth-order valence-corrected chi connectivity index (χ4v) is 3.58. The number of hydrogen-bond donors (Lipinski definition) is 0. The summed E-state index contributed by atoms with van der Waals surface area (Å²) in [7, 11) is 0. The van der Waals surface area contributed by atoms with Crippen molar-refractivity contribution in [3.05, 3.63) is 54.2 Å². The summed E-state index contributed by atoms with van der Waals surface area (Å²) in [5.41, 5.74) is 1.12. The van der Waals surface area contributed by atoms with Crippen molar-refractivity contribution >= 4 is 11.8 Å². The van der Waals surface area contributed by atoms with Gasteiger partial charge in [0.05, 0.1) is 6.26 Å². The number of rotatable bonds is 5. The van der Waals surface area contributed by atoms with E-state index in [0.717, 1.165) is 18.4 Å². The standard InChI is InChI=1S/C20H23N3O3/c24-19(23(17-3-4-17)14-15-5-9-21-10-6-15)16-7-11-22(12-8-16)20(25)18-2-1-13-26-18/h1-2,5-6,9-10,13,16-17H,3-4,7-8,11-12,14H2. The molecule has 0 aromatic carbocycles. The van der Waals surface area contributed by atoms with Crippen molar-refractivity contribution in [1.29, 1.82) is 0 Å². The molecule has 2 amide bonds. The van der Waals surface area contributed by atoms with Crippen molar-refractivity contribution in [3.63, 3.8) is 0 Å². The number of pyridine rings is 1. The van der Waals surface area contributed by atoms with Gasteiger partial charge in [-0.1, -0.05) is 0 Å². The van der Waals surface area contributed by atoms with Crippen molar-refractivity contribution in [2.24, 2.45) is 5.92 Å². The van der Waals surface area contributed by atoms with Gasteiger partial charge in [0.2, 0.25) is 5.91 Å². The van der Waals surface area contributed by atoms with Crippen LogP contribution in [0.25, 0.3) is 0 Å². The summed E-state index contributed by atoms with van der Waals surface area (Å²) in [5.74, 6) is 0.510. The maximum Gasteiger partial charge on any atom is 0.289 e. The molecule has 26 heavy (non-hydrogen) atoms. The molecule has 3 heterocycles. The molecule has 2 aromatic rings. The van der Waals surface area contributed by atoms with Crippen LogP contribution in [0.5, 0.6) is 0 Å². The monoisotopic (exact) mass is 353 g/mol. The molecule has 1 aliphatic carbocycles. The Balaban J connectivity index is 1.36. The van der Waals surface area contributed by atoms with Gasteiger partial charge in [0.15, 0.2) is 5.76 Å². The minimum atomic E-state index is -0.0864. The van der Waals surface area contributed by atoms with Crippen LogP contribution in [-0.4, -0.2) is 45.7 Å². The number of hydrogen-bond acceptors (Lipinski definition) is 4. The number of nitrogens with zero attached hydrogens (tertiary/aromatic N) is 3. The Bertz CT molecular complexity index is 748. The molecule has 136 valence electrons. The van der Waals surface area contributed by atoms with Gasteiger partial charge in [0, 0.05) is 44.0 Å². The van der Waals surface area contributed by atoms with Crippen LogP contribution >= 0.6 is 0 Å². The fourth-order valence-electron chi connectivity index (χ4n) is 3.58. The van der Waals surface area contributed by atoms with E-state index in [1.165, 1.54) is 6.26 Å². The van der Waals surface area contributed by atoms with Crippen LogP contribution in [0.1, 0.15) is 41.8 Å². The molecule has 0 bridgehead atoms. The molecule has 6 heteroatoms. The first-order valence-electron chi connectivity index (χ1n) is 9.24. The Morgan fingerprint density at radius 2 is 1.85 bits per heavy atom. The Kier molecular flexibility index (Phi) is 4.73. The minimum Gasteiger partial charge on any atom is -0.459 e. The highest BCUT2D eigenvalue weighted by Gasteiger charge is 2.37. The topological polar surface area (TPSA) is 66.7 Å². The number of amides is 2. The third kappa shape index (κ3) is 3.64. The number of piperidine rings is 1. The summed E-state index contributed by atoms with van der Waals surface area (Å²) in [6.45, 7) is 1.85. The summed E-state index contributed by atoms with van der Waals surface area (Å²) in [4.78, 5) is 33.3. The molecular weight excluding hydrogens is 330 g/mol. The lowest BCUT2D eigenvalue weighted by molar-refractivity contribution is -0.138. The van der Waals surface area contributed by atoms with Crippen molar-refractivity contribution < 1.29 is 14.0 Å². The maximum absolute atomic E-state index is 13.1. The Morgan fingerprint density at radius 3 is 2.46 bits per heavy atom. The second-order valence-corrected chi connectivity index (χ2v) is 7.10. The van der Waals surface area contributed by atoms with Crippen LogP contribution in [0.3, 0.4) is 0 Å². The summed E-state index contributed by atoms with van der Waals surface area (Å²) < 4.78 is 5.20. The molecule has 0 unspecified atom stereocenters. The summed E-state index contributed by atoms with van der Waals surface area (Å²) >= 11 is 0. The van der Waals surface area contributed by atoms with Gasteiger partial charge in [-0.05, 0) is 55.5 Å².